The predicted molar refractivity (Wildman–Crippen MR) is 69.8 cm³/mol. The van der Waals surface area contributed by atoms with E-state index in [2.05, 4.69) is 39.7 Å². The van der Waals surface area contributed by atoms with Crippen molar-refractivity contribution < 1.29 is 0 Å². The molecule has 0 radical (unpaired) electrons. The average molecular weight is 336 g/mol. The maximum absolute atomic E-state index is 5.84. The summed E-state index contributed by atoms with van der Waals surface area (Å²) in [6.07, 6.45) is 0. The van der Waals surface area contributed by atoms with Crippen LogP contribution < -0.4 is 0 Å². The largest absolute Gasteiger partial charge is 0.233 e. The van der Waals surface area contributed by atoms with Crippen molar-refractivity contribution in [3.63, 3.8) is 0 Å². The van der Waals surface area contributed by atoms with Gasteiger partial charge in [0.1, 0.15) is 0 Å². The quantitative estimate of drug-likeness (QED) is 0.593. The molecule has 0 aliphatic carbocycles. The van der Waals surface area contributed by atoms with Gasteiger partial charge in [-0.05, 0) is 28.2 Å². The second-order valence-electron chi connectivity index (χ2n) is 2.74. The van der Waals surface area contributed by atoms with Crippen molar-refractivity contribution in [2.24, 2.45) is 0 Å². The van der Waals surface area contributed by atoms with E-state index in [0.717, 1.165) is 8.71 Å². The molecular weight excluding hydrogens is 329 g/mol. The molecule has 4 heteroatoms. The number of hydrogen-bond donors (Lipinski definition) is 0. The first-order valence-corrected chi connectivity index (χ1v) is 6.51. The van der Waals surface area contributed by atoms with Gasteiger partial charge in [-0.2, -0.15) is 0 Å². The van der Waals surface area contributed by atoms with Crippen molar-refractivity contribution in [3.8, 4) is 10.4 Å². The van der Waals surface area contributed by atoms with Gasteiger partial charge in [0.25, 0.3) is 0 Å². The van der Waals surface area contributed by atoms with Gasteiger partial charge in [0.2, 0.25) is 0 Å². The molecule has 1 aromatic carbocycles. The van der Waals surface area contributed by atoms with Gasteiger partial charge in [-0.3, -0.25) is 0 Å². The average Bonchev–Trinajstić information content (AvgIpc) is 2.61. The van der Waals surface area contributed by atoms with Crippen molar-refractivity contribution in [1.29, 1.82) is 0 Å². The summed E-state index contributed by atoms with van der Waals surface area (Å²) < 4.78 is 1.04. The molecular formula is C10H7ClINS. The highest BCUT2D eigenvalue weighted by Gasteiger charge is 2.09. The van der Waals surface area contributed by atoms with Gasteiger partial charge in [0.15, 0.2) is 3.01 Å². The summed E-state index contributed by atoms with van der Waals surface area (Å²) in [7, 11) is 0. The summed E-state index contributed by atoms with van der Waals surface area (Å²) in [5.74, 6) is 0.476. The smallest absolute Gasteiger partial charge is 0.154 e. The van der Waals surface area contributed by atoms with Crippen molar-refractivity contribution in [1.82, 2.24) is 4.98 Å². The summed E-state index contributed by atoms with van der Waals surface area (Å²) in [5.41, 5.74) is 2.18. The van der Waals surface area contributed by atoms with Crippen molar-refractivity contribution in [2.45, 2.75) is 5.88 Å². The van der Waals surface area contributed by atoms with E-state index in [9.17, 15) is 0 Å². The van der Waals surface area contributed by atoms with Crippen LogP contribution in [0, 0.1) is 3.01 Å². The molecule has 14 heavy (non-hydrogen) atoms. The molecule has 1 heterocycles. The molecule has 2 rings (SSSR count). The standard InChI is InChI=1S/C10H7ClINS/c11-6-8-9(14-10(12)13-8)7-4-2-1-3-5-7/h1-5H,6H2. The van der Waals surface area contributed by atoms with Gasteiger partial charge in [-0.1, -0.05) is 30.3 Å². The second kappa shape index (κ2) is 4.59. The van der Waals surface area contributed by atoms with Gasteiger partial charge >= 0.3 is 0 Å². The predicted octanol–water partition coefficient (Wildman–Crippen LogP) is 4.15. The van der Waals surface area contributed by atoms with Crippen LogP contribution in [0.4, 0.5) is 0 Å². The van der Waals surface area contributed by atoms with Crippen LogP contribution in [-0.4, -0.2) is 4.98 Å². The molecule has 1 aromatic heterocycles. The molecule has 0 unspecified atom stereocenters. The lowest BCUT2D eigenvalue weighted by molar-refractivity contribution is 1.21. The van der Waals surface area contributed by atoms with Gasteiger partial charge in [0, 0.05) is 0 Å². The highest BCUT2D eigenvalue weighted by molar-refractivity contribution is 14.1. The lowest BCUT2D eigenvalue weighted by Crippen LogP contribution is -1.81. The van der Waals surface area contributed by atoms with Crippen LogP contribution in [0.25, 0.3) is 10.4 Å². The summed E-state index contributed by atoms with van der Waals surface area (Å²) in [6, 6.07) is 10.2. The fourth-order valence-corrected chi connectivity index (χ4v) is 3.27. The molecule has 0 aliphatic heterocycles. The number of hydrogen-bond acceptors (Lipinski definition) is 2. The lowest BCUT2D eigenvalue weighted by Gasteiger charge is -1.97. The fraction of sp³-hybridized carbons (Fsp3) is 0.100. The minimum atomic E-state index is 0.476. The molecule has 2 aromatic rings. The number of rotatable bonds is 2. The SMILES string of the molecule is ClCc1nc(I)sc1-c1ccccc1. The molecule has 0 saturated carbocycles. The molecule has 0 N–H and O–H groups in total. The van der Waals surface area contributed by atoms with Crippen LogP contribution in [0.2, 0.25) is 0 Å². The van der Waals surface area contributed by atoms with Crippen LogP contribution in [-0.2, 0) is 5.88 Å². The normalized spacial score (nSPS) is 10.4. The minimum Gasteiger partial charge on any atom is -0.233 e. The summed E-state index contributed by atoms with van der Waals surface area (Å²) in [6.45, 7) is 0. The van der Waals surface area contributed by atoms with E-state index in [1.165, 1.54) is 10.4 Å². The third-order valence-electron chi connectivity index (χ3n) is 1.83. The fourth-order valence-electron chi connectivity index (χ4n) is 1.23. The molecule has 0 atom stereocenters. The molecule has 1 nitrogen and oxygen atoms in total. The number of alkyl halides is 1. The molecule has 0 bridgehead atoms. The Morgan fingerprint density at radius 3 is 2.64 bits per heavy atom. The van der Waals surface area contributed by atoms with E-state index in [0.29, 0.717) is 5.88 Å². The summed E-state index contributed by atoms with van der Waals surface area (Å²) >= 11 is 9.74. The number of thiazole rings is 1. The van der Waals surface area contributed by atoms with Crippen LogP contribution >= 0.6 is 45.5 Å². The Bertz CT molecular complexity index is 427. The third kappa shape index (κ3) is 2.10. The molecule has 0 fully saturated rings. The topological polar surface area (TPSA) is 12.9 Å². The Balaban J connectivity index is 2.51. The Labute approximate surface area is 105 Å². The monoisotopic (exact) mass is 335 g/mol. The summed E-state index contributed by atoms with van der Waals surface area (Å²) in [5, 5.41) is 0. The van der Waals surface area contributed by atoms with Crippen LogP contribution in [0.3, 0.4) is 0 Å². The first kappa shape index (κ1) is 10.4. The zero-order chi connectivity index (χ0) is 9.97. The van der Waals surface area contributed by atoms with Crippen molar-refractivity contribution in [2.75, 3.05) is 0 Å². The van der Waals surface area contributed by atoms with Crippen LogP contribution in [0.1, 0.15) is 5.69 Å². The van der Waals surface area contributed by atoms with Crippen molar-refractivity contribution >= 4 is 45.5 Å². The molecule has 0 aliphatic rings. The Hall–Kier alpha value is -0.130. The van der Waals surface area contributed by atoms with E-state index in [1.54, 1.807) is 11.3 Å². The van der Waals surface area contributed by atoms with E-state index in [4.69, 9.17) is 11.6 Å². The number of aromatic nitrogens is 1. The third-order valence-corrected chi connectivity index (χ3v) is 3.92. The zero-order valence-electron chi connectivity index (χ0n) is 7.21. The van der Waals surface area contributed by atoms with Gasteiger partial charge < -0.3 is 0 Å². The highest BCUT2D eigenvalue weighted by Crippen LogP contribution is 2.31. The second-order valence-corrected chi connectivity index (χ2v) is 5.76. The van der Waals surface area contributed by atoms with E-state index in [-0.39, 0.29) is 0 Å². The maximum Gasteiger partial charge on any atom is 0.154 e. The van der Waals surface area contributed by atoms with Crippen LogP contribution in [0.15, 0.2) is 30.3 Å². The van der Waals surface area contributed by atoms with Gasteiger partial charge in [-0.25, -0.2) is 4.98 Å². The Kier molecular flexibility index (Phi) is 3.41. The maximum atomic E-state index is 5.84. The number of nitrogens with zero attached hydrogens (tertiary/aromatic N) is 1. The number of benzene rings is 1. The molecule has 0 spiro atoms. The van der Waals surface area contributed by atoms with E-state index >= 15 is 0 Å². The lowest BCUT2D eigenvalue weighted by atomic mass is 10.2. The molecule has 0 amide bonds. The van der Waals surface area contributed by atoms with E-state index in [1.807, 2.05) is 18.2 Å². The Morgan fingerprint density at radius 1 is 1.29 bits per heavy atom. The number of halogens is 2. The Morgan fingerprint density at radius 2 is 2.00 bits per heavy atom. The first-order chi connectivity index (χ1) is 6.81. The first-order valence-electron chi connectivity index (χ1n) is 4.08. The van der Waals surface area contributed by atoms with Gasteiger partial charge in [-0.15, -0.1) is 22.9 Å². The summed E-state index contributed by atoms with van der Waals surface area (Å²) in [4.78, 5) is 5.56. The molecule has 0 saturated heterocycles. The van der Waals surface area contributed by atoms with E-state index < -0.39 is 0 Å². The highest BCUT2D eigenvalue weighted by atomic mass is 127. The molecule has 72 valence electrons. The van der Waals surface area contributed by atoms with Crippen molar-refractivity contribution in [3.05, 3.63) is 39.0 Å². The zero-order valence-corrected chi connectivity index (χ0v) is 10.9. The minimum absolute atomic E-state index is 0.476. The van der Waals surface area contributed by atoms with Gasteiger partial charge in [0.05, 0.1) is 16.5 Å². The van der Waals surface area contributed by atoms with Crippen LogP contribution in [0.5, 0.6) is 0 Å².